The highest BCUT2D eigenvalue weighted by atomic mass is 19.1. The number of hydrogen-bond donors (Lipinski definition) is 1. The highest BCUT2D eigenvalue weighted by molar-refractivity contribution is 5.18. The lowest BCUT2D eigenvalue weighted by molar-refractivity contribution is 0.288. The Morgan fingerprint density at radius 3 is 2.75 bits per heavy atom. The van der Waals surface area contributed by atoms with Gasteiger partial charge in [0.25, 0.3) is 0 Å². The minimum Gasteiger partial charge on any atom is -0.396 e. The summed E-state index contributed by atoms with van der Waals surface area (Å²) >= 11 is 0. The van der Waals surface area contributed by atoms with Crippen LogP contribution in [0, 0.1) is 11.6 Å². The first kappa shape index (κ1) is 7.68. The predicted octanol–water partition coefficient (Wildman–Crippen LogP) is 1.89. The van der Waals surface area contributed by atoms with E-state index in [0.717, 1.165) is 12.1 Å². The predicted molar refractivity (Wildman–Crippen MR) is 41.8 cm³/mol. The van der Waals surface area contributed by atoms with E-state index in [0.29, 0.717) is 0 Å². The molecule has 1 rings (SSSR count). The third-order valence-corrected chi connectivity index (χ3v) is 1.46. The van der Waals surface area contributed by atoms with Gasteiger partial charge < -0.3 is 5.11 Å². The summed E-state index contributed by atoms with van der Waals surface area (Å²) in [6.07, 6.45) is -0.673. The SMILES string of the molecule is [2H]C(CCO)c1ccc(F)cc1F. The van der Waals surface area contributed by atoms with E-state index in [4.69, 9.17) is 6.48 Å². The molecule has 0 aliphatic rings. The number of halogens is 2. The Kier molecular flexibility index (Phi) is 2.66. The minimum absolute atomic E-state index is 0.121. The summed E-state index contributed by atoms with van der Waals surface area (Å²) in [7, 11) is 0. The standard InChI is InChI=1S/C9H10F2O/c10-8-4-3-7(2-1-5-12)9(11)6-8/h3-4,6,12H,1-2,5H2/i2D. The van der Waals surface area contributed by atoms with Gasteiger partial charge in [-0.25, -0.2) is 8.78 Å². The first-order valence-electron chi connectivity index (χ1n) is 4.21. The Morgan fingerprint density at radius 1 is 1.42 bits per heavy atom. The molecule has 66 valence electrons. The fourth-order valence-electron chi connectivity index (χ4n) is 0.887. The second-order valence-corrected chi connectivity index (χ2v) is 2.38. The van der Waals surface area contributed by atoms with Crippen molar-refractivity contribution in [1.82, 2.24) is 0 Å². The van der Waals surface area contributed by atoms with Crippen LogP contribution < -0.4 is 0 Å². The Hall–Kier alpha value is -0.960. The zero-order chi connectivity index (χ0) is 9.84. The van der Waals surface area contributed by atoms with Crippen LogP contribution in [0.25, 0.3) is 0 Å². The molecular weight excluding hydrogens is 162 g/mol. The van der Waals surface area contributed by atoms with Crippen molar-refractivity contribution < 1.29 is 15.3 Å². The Balaban J connectivity index is 2.88. The van der Waals surface area contributed by atoms with E-state index >= 15 is 0 Å². The summed E-state index contributed by atoms with van der Waals surface area (Å²) < 4.78 is 32.8. The monoisotopic (exact) mass is 173 g/mol. The third-order valence-electron chi connectivity index (χ3n) is 1.46. The second kappa shape index (κ2) is 4.16. The van der Waals surface area contributed by atoms with Gasteiger partial charge >= 0.3 is 0 Å². The van der Waals surface area contributed by atoms with Crippen molar-refractivity contribution in [3.8, 4) is 0 Å². The lowest BCUT2D eigenvalue weighted by atomic mass is 10.1. The van der Waals surface area contributed by atoms with Crippen molar-refractivity contribution in [2.45, 2.75) is 12.8 Å². The van der Waals surface area contributed by atoms with Gasteiger partial charge in [0.15, 0.2) is 0 Å². The van der Waals surface area contributed by atoms with Crippen molar-refractivity contribution in [2.75, 3.05) is 6.61 Å². The van der Waals surface area contributed by atoms with E-state index in [1.54, 1.807) is 0 Å². The van der Waals surface area contributed by atoms with Crippen LogP contribution in [-0.2, 0) is 6.40 Å². The fraction of sp³-hybridized carbons (Fsp3) is 0.333. The summed E-state index contributed by atoms with van der Waals surface area (Å²) in [5.41, 5.74) is 0.121. The van der Waals surface area contributed by atoms with Crippen LogP contribution in [0.5, 0.6) is 0 Å². The van der Waals surface area contributed by atoms with E-state index in [1.165, 1.54) is 6.07 Å². The van der Waals surface area contributed by atoms with Gasteiger partial charge in [0, 0.05) is 14.0 Å². The topological polar surface area (TPSA) is 20.2 Å². The first-order chi connectivity index (χ1) is 6.15. The summed E-state index contributed by atoms with van der Waals surface area (Å²) in [4.78, 5) is 0. The van der Waals surface area contributed by atoms with Crippen LogP contribution in [0.4, 0.5) is 8.78 Å². The molecule has 0 aromatic heterocycles. The maximum absolute atomic E-state index is 13.0. The van der Waals surface area contributed by atoms with Gasteiger partial charge in [0.2, 0.25) is 0 Å². The third kappa shape index (κ3) is 2.27. The van der Waals surface area contributed by atoms with Crippen LogP contribution in [0.15, 0.2) is 18.2 Å². The zero-order valence-corrected chi connectivity index (χ0v) is 6.43. The molecule has 0 aliphatic carbocycles. The van der Waals surface area contributed by atoms with Gasteiger partial charge in [-0.3, -0.25) is 0 Å². The van der Waals surface area contributed by atoms with Crippen molar-refractivity contribution in [1.29, 1.82) is 0 Å². The van der Waals surface area contributed by atoms with E-state index in [2.05, 4.69) is 0 Å². The summed E-state index contributed by atoms with van der Waals surface area (Å²) in [5, 5.41) is 8.53. The molecule has 1 nitrogen and oxygen atoms in total. The molecule has 1 unspecified atom stereocenters. The lowest BCUT2D eigenvalue weighted by Crippen LogP contribution is -1.93. The Bertz CT molecular complexity index is 291. The number of aliphatic hydroxyl groups is 1. The molecule has 3 heteroatoms. The quantitative estimate of drug-likeness (QED) is 0.740. The second-order valence-electron chi connectivity index (χ2n) is 2.38. The van der Waals surface area contributed by atoms with Crippen LogP contribution in [0.1, 0.15) is 13.4 Å². The van der Waals surface area contributed by atoms with Crippen molar-refractivity contribution >= 4 is 0 Å². The van der Waals surface area contributed by atoms with E-state index < -0.39 is 18.0 Å². The molecule has 0 spiro atoms. The highest BCUT2D eigenvalue weighted by Crippen LogP contribution is 2.10. The normalized spacial score (nSPS) is 14.1. The largest absolute Gasteiger partial charge is 0.396 e. The van der Waals surface area contributed by atoms with Crippen molar-refractivity contribution in [2.24, 2.45) is 0 Å². The molecule has 0 saturated heterocycles. The molecule has 0 amide bonds. The van der Waals surface area contributed by atoms with Crippen LogP contribution in [0.3, 0.4) is 0 Å². The Labute approximate surface area is 71.1 Å². The van der Waals surface area contributed by atoms with Gasteiger partial charge in [-0.05, 0) is 24.4 Å². The summed E-state index contributed by atoms with van der Waals surface area (Å²) in [5.74, 6) is -1.38. The number of hydrogen-bond acceptors (Lipinski definition) is 1. The Morgan fingerprint density at radius 2 is 2.17 bits per heavy atom. The van der Waals surface area contributed by atoms with Gasteiger partial charge in [-0.2, -0.15) is 0 Å². The van der Waals surface area contributed by atoms with Crippen LogP contribution in [-0.4, -0.2) is 11.7 Å². The van der Waals surface area contributed by atoms with Crippen molar-refractivity contribution in [3.63, 3.8) is 0 Å². The van der Waals surface area contributed by atoms with Gasteiger partial charge in [0.05, 0.1) is 0 Å². The zero-order valence-electron chi connectivity index (χ0n) is 7.43. The maximum atomic E-state index is 13.0. The van der Waals surface area contributed by atoms with E-state index in [9.17, 15) is 8.78 Å². The number of benzene rings is 1. The fourth-order valence-corrected chi connectivity index (χ4v) is 0.887. The molecule has 1 atom stereocenters. The molecule has 1 N–H and O–H groups in total. The maximum Gasteiger partial charge on any atom is 0.129 e. The molecule has 1 aromatic rings. The molecule has 0 aliphatic heterocycles. The van der Waals surface area contributed by atoms with Crippen molar-refractivity contribution in [3.05, 3.63) is 35.4 Å². The average Bonchev–Trinajstić information content (AvgIpc) is 2.04. The van der Waals surface area contributed by atoms with Crippen LogP contribution in [0.2, 0.25) is 0 Å². The van der Waals surface area contributed by atoms with Crippen LogP contribution >= 0.6 is 0 Å². The van der Waals surface area contributed by atoms with E-state index in [1.807, 2.05) is 0 Å². The van der Waals surface area contributed by atoms with Gasteiger partial charge in [-0.1, -0.05) is 6.07 Å². The molecule has 1 aromatic carbocycles. The van der Waals surface area contributed by atoms with Gasteiger partial charge in [-0.15, -0.1) is 0 Å². The molecule has 0 saturated carbocycles. The van der Waals surface area contributed by atoms with E-state index in [-0.39, 0.29) is 18.6 Å². The first-order valence-corrected chi connectivity index (χ1v) is 3.63. The lowest BCUT2D eigenvalue weighted by Gasteiger charge is -2.00. The summed E-state index contributed by atoms with van der Waals surface area (Å²) in [6.45, 7) is -0.176. The molecule has 0 radical (unpaired) electrons. The molecule has 0 fully saturated rings. The highest BCUT2D eigenvalue weighted by Gasteiger charge is 2.02. The van der Waals surface area contributed by atoms with Gasteiger partial charge in [0.1, 0.15) is 11.6 Å². The molecule has 0 heterocycles. The number of aryl methyl sites for hydroxylation is 1. The number of rotatable bonds is 3. The average molecular weight is 173 g/mol. The molecule has 12 heavy (non-hydrogen) atoms. The molecular formula is C9H10F2O. The molecule has 0 bridgehead atoms. The number of aliphatic hydroxyl groups excluding tert-OH is 1. The summed E-state index contributed by atoms with van der Waals surface area (Å²) in [6, 6.07) is 3.09. The minimum atomic E-state index is -0.828. The smallest absolute Gasteiger partial charge is 0.129 e.